The third kappa shape index (κ3) is 3.92. The third-order valence-electron chi connectivity index (χ3n) is 5.90. The summed E-state index contributed by atoms with van der Waals surface area (Å²) in [5.74, 6) is 0.966. The van der Waals surface area contributed by atoms with Crippen LogP contribution in [0.3, 0.4) is 0 Å². The second-order valence-corrected chi connectivity index (χ2v) is 7.84. The van der Waals surface area contributed by atoms with Crippen LogP contribution < -0.4 is 0 Å². The highest BCUT2D eigenvalue weighted by atomic mass is 16.5. The maximum Gasteiger partial charge on any atom is 0.248 e. The van der Waals surface area contributed by atoms with E-state index in [9.17, 15) is 4.79 Å². The zero-order chi connectivity index (χ0) is 15.4. The van der Waals surface area contributed by atoms with E-state index < -0.39 is 0 Å². The molecule has 3 rings (SSSR count). The number of piperidine rings is 1. The standard InChI is InChI=1S/C19H31NO2/c1-16-7-5-8-17(13-16)22-14-18(21)20-12-6-11-19(15-20)9-3-2-4-10-19/h2-3,16-17H,4-15H2,1H3/t16-,17+,19+/m1/s1. The van der Waals surface area contributed by atoms with Crippen molar-refractivity contribution in [3.63, 3.8) is 0 Å². The SMILES string of the molecule is C[C@@H]1CCC[C@H](OCC(=O)N2CCC[C@@]3(CC=CCC3)C2)C1. The van der Waals surface area contributed by atoms with Gasteiger partial charge in [0.15, 0.2) is 0 Å². The summed E-state index contributed by atoms with van der Waals surface area (Å²) in [6.07, 6.45) is 15.7. The van der Waals surface area contributed by atoms with E-state index in [1.807, 2.05) is 0 Å². The van der Waals surface area contributed by atoms with Crippen LogP contribution in [0.15, 0.2) is 12.2 Å². The molecule has 0 aromatic rings. The van der Waals surface area contributed by atoms with Crippen molar-refractivity contribution in [3.05, 3.63) is 12.2 Å². The van der Waals surface area contributed by atoms with E-state index >= 15 is 0 Å². The second-order valence-electron chi connectivity index (χ2n) is 7.84. The Hall–Kier alpha value is -0.830. The van der Waals surface area contributed by atoms with E-state index in [-0.39, 0.29) is 5.91 Å². The van der Waals surface area contributed by atoms with Gasteiger partial charge >= 0.3 is 0 Å². The number of carbonyl (C=O) groups excluding carboxylic acids is 1. The Balaban J connectivity index is 1.48. The van der Waals surface area contributed by atoms with E-state index in [1.54, 1.807) is 0 Å². The molecule has 1 spiro atoms. The van der Waals surface area contributed by atoms with Crippen molar-refractivity contribution in [1.82, 2.24) is 4.90 Å². The van der Waals surface area contributed by atoms with Crippen LogP contribution in [0.2, 0.25) is 0 Å². The molecule has 0 aromatic heterocycles. The first-order chi connectivity index (χ1) is 10.7. The van der Waals surface area contributed by atoms with E-state index in [0.29, 0.717) is 18.1 Å². The van der Waals surface area contributed by atoms with Gasteiger partial charge in [-0.05, 0) is 56.3 Å². The van der Waals surface area contributed by atoms with Crippen LogP contribution in [-0.4, -0.2) is 36.6 Å². The summed E-state index contributed by atoms with van der Waals surface area (Å²) in [7, 11) is 0. The highest BCUT2D eigenvalue weighted by Crippen LogP contribution is 2.40. The summed E-state index contributed by atoms with van der Waals surface area (Å²) in [6, 6.07) is 0. The maximum atomic E-state index is 12.5. The molecule has 3 aliphatic rings. The van der Waals surface area contributed by atoms with Gasteiger partial charge in [0.05, 0.1) is 6.10 Å². The van der Waals surface area contributed by atoms with E-state index in [1.165, 1.54) is 32.1 Å². The van der Waals surface area contributed by atoms with E-state index in [2.05, 4.69) is 24.0 Å². The van der Waals surface area contributed by atoms with Crippen LogP contribution >= 0.6 is 0 Å². The molecule has 1 saturated heterocycles. The van der Waals surface area contributed by atoms with Crippen molar-refractivity contribution in [3.8, 4) is 0 Å². The second kappa shape index (κ2) is 7.16. The zero-order valence-electron chi connectivity index (χ0n) is 14.1. The molecule has 22 heavy (non-hydrogen) atoms. The van der Waals surface area contributed by atoms with E-state index in [0.717, 1.165) is 44.7 Å². The Bertz CT molecular complexity index is 420. The predicted octanol–water partition coefficient (Wildman–Crippen LogP) is 3.93. The predicted molar refractivity (Wildman–Crippen MR) is 88.6 cm³/mol. The fourth-order valence-corrected chi connectivity index (χ4v) is 4.54. The molecule has 3 nitrogen and oxygen atoms in total. The number of hydrogen-bond acceptors (Lipinski definition) is 2. The van der Waals surface area contributed by atoms with Gasteiger partial charge in [-0.25, -0.2) is 0 Å². The first-order valence-corrected chi connectivity index (χ1v) is 9.21. The number of hydrogen-bond donors (Lipinski definition) is 0. The van der Waals surface area contributed by atoms with Gasteiger partial charge in [0.1, 0.15) is 6.61 Å². The Morgan fingerprint density at radius 2 is 2.18 bits per heavy atom. The molecule has 0 unspecified atom stereocenters. The van der Waals surface area contributed by atoms with E-state index in [4.69, 9.17) is 4.74 Å². The van der Waals surface area contributed by atoms with Crippen molar-refractivity contribution in [2.45, 2.75) is 70.8 Å². The van der Waals surface area contributed by atoms with Gasteiger partial charge in [-0.2, -0.15) is 0 Å². The summed E-state index contributed by atoms with van der Waals surface area (Å²) in [4.78, 5) is 14.6. The molecule has 2 fully saturated rings. The Kier molecular flexibility index (Phi) is 5.22. The lowest BCUT2D eigenvalue weighted by Crippen LogP contribution is -2.48. The highest BCUT2D eigenvalue weighted by molar-refractivity contribution is 5.77. The third-order valence-corrected chi connectivity index (χ3v) is 5.90. The number of amides is 1. The molecule has 0 N–H and O–H groups in total. The Morgan fingerprint density at radius 3 is 2.95 bits per heavy atom. The lowest BCUT2D eigenvalue weighted by molar-refractivity contribution is -0.142. The summed E-state index contributed by atoms with van der Waals surface area (Å²) in [6.45, 7) is 4.46. The molecular weight excluding hydrogens is 274 g/mol. The topological polar surface area (TPSA) is 29.5 Å². The normalized spacial score (nSPS) is 35.8. The van der Waals surface area contributed by atoms with Gasteiger partial charge in [0, 0.05) is 13.1 Å². The minimum atomic E-state index is 0.215. The van der Waals surface area contributed by atoms with Crippen LogP contribution in [0.5, 0.6) is 0 Å². The molecule has 3 heteroatoms. The van der Waals surface area contributed by atoms with Gasteiger partial charge in [0.2, 0.25) is 5.91 Å². The van der Waals surface area contributed by atoms with Crippen molar-refractivity contribution in [2.75, 3.05) is 19.7 Å². The van der Waals surface area contributed by atoms with Crippen LogP contribution in [0.25, 0.3) is 0 Å². The number of likely N-dealkylation sites (tertiary alicyclic amines) is 1. The smallest absolute Gasteiger partial charge is 0.248 e. The average Bonchev–Trinajstić information content (AvgIpc) is 2.53. The molecule has 0 bridgehead atoms. The molecule has 3 atom stereocenters. The van der Waals surface area contributed by atoms with Crippen LogP contribution in [0, 0.1) is 11.3 Å². The van der Waals surface area contributed by atoms with Gasteiger partial charge in [-0.3, -0.25) is 4.79 Å². The molecule has 124 valence electrons. The molecule has 0 aromatic carbocycles. The fraction of sp³-hybridized carbons (Fsp3) is 0.842. The number of carbonyl (C=O) groups is 1. The van der Waals surface area contributed by atoms with Crippen LogP contribution in [0.1, 0.15) is 64.7 Å². The molecule has 1 aliphatic heterocycles. The number of nitrogens with zero attached hydrogens (tertiary/aromatic N) is 1. The molecule has 2 aliphatic carbocycles. The monoisotopic (exact) mass is 305 g/mol. The van der Waals surface area contributed by atoms with Gasteiger partial charge < -0.3 is 9.64 Å². The minimum Gasteiger partial charge on any atom is -0.368 e. The maximum absolute atomic E-state index is 12.5. The van der Waals surface area contributed by atoms with Crippen LogP contribution in [0.4, 0.5) is 0 Å². The van der Waals surface area contributed by atoms with Crippen molar-refractivity contribution in [2.24, 2.45) is 11.3 Å². The first kappa shape index (κ1) is 16.0. The van der Waals surface area contributed by atoms with Gasteiger partial charge in [-0.15, -0.1) is 0 Å². The quantitative estimate of drug-likeness (QED) is 0.739. The Labute approximate surface area is 135 Å². The number of allylic oxidation sites excluding steroid dienone is 2. The van der Waals surface area contributed by atoms with Gasteiger partial charge in [0.25, 0.3) is 0 Å². The molecule has 1 saturated carbocycles. The van der Waals surface area contributed by atoms with Crippen LogP contribution in [-0.2, 0) is 9.53 Å². The largest absolute Gasteiger partial charge is 0.368 e. The molecule has 1 heterocycles. The first-order valence-electron chi connectivity index (χ1n) is 9.21. The summed E-state index contributed by atoms with van der Waals surface area (Å²) in [5.41, 5.74) is 0.363. The minimum absolute atomic E-state index is 0.215. The molecule has 1 amide bonds. The molecule has 0 radical (unpaired) electrons. The highest BCUT2D eigenvalue weighted by Gasteiger charge is 2.36. The van der Waals surface area contributed by atoms with Crippen molar-refractivity contribution in [1.29, 1.82) is 0 Å². The lowest BCUT2D eigenvalue weighted by atomic mass is 9.71. The average molecular weight is 305 g/mol. The fourth-order valence-electron chi connectivity index (χ4n) is 4.54. The zero-order valence-corrected chi connectivity index (χ0v) is 14.1. The summed E-state index contributed by atoms with van der Waals surface area (Å²) >= 11 is 0. The molecular formula is C19H31NO2. The summed E-state index contributed by atoms with van der Waals surface area (Å²) in [5, 5.41) is 0. The van der Waals surface area contributed by atoms with Crippen molar-refractivity contribution >= 4 is 5.91 Å². The number of ether oxygens (including phenoxy) is 1. The van der Waals surface area contributed by atoms with Crippen molar-refractivity contribution < 1.29 is 9.53 Å². The Morgan fingerprint density at radius 1 is 1.27 bits per heavy atom. The van der Waals surface area contributed by atoms with Gasteiger partial charge in [-0.1, -0.05) is 31.9 Å². The summed E-state index contributed by atoms with van der Waals surface area (Å²) < 4.78 is 5.94. The number of rotatable bonds is 3. The lowest BCUT2D eigenvalue weighted by Gasteiger charge is -2.44.